The summed E-state index contributed by atoms with van der Waals surface area (Å²) in [5.74, 6) is 0.258. The maximum atomic E-state index is 12.9. The minimum absolute atomic E-state index is 0. The fourth-order valence-corrected chi connectivity index (χ4v) is 6.74. The monoisotopic (exact) mass is 602 g/mol. The number of benzene rings is 2. The van der Waals surface area contributed by atoms with Crippen LogP contribution >= 0.6 is 40.3 Å². The summed E-state index contributed by atoms with van der Waals surface area (Å²) < 4.78 is 27.9. The number of nitrogens with zero attached hydrogens (tertiary/aromatic N) is 2. The molecule has 2 amide bonds. The molecule has 190 valence electrons. The van der Waals surface area contributed by atoms with E-state index in [0.29, 0.717) is 17.3 Å². The third-order valence-corrected chi connectivity index (χ3v) is 9.11. The molecule has 12 heteroatoms. The zero-order chi connectivity index (χ0) is 24.3. The number of carbonyl (C=O) groups is 1. The van der Waals surface area contributed by atoms with Gasteiger partial charge in [0, 0.05) is 18.7 Å². The molecule has 0 aromatic heterocycles. The molecule has 2 fully saturated rings. The van der Waals surface area contributed by atoms with Crippen molar-refractivity contribution in [3.8, 4) is 0 Å². The lowest BCUT2D eigenvalue weighted by atomic mass is 10.0. The standard InChI is InChI=1S/C23H27ClN4O4S2.BrH/c1-28-22(25-14-16-7-3-2-4-8-16)33-15-23(28,30)17-11-12-19(24)20(13-17)34(31,32)27-21(29)26-18-9-5-6-10-18;/h2-4,7-8,11-13,18,30H,5-6,9-10,14-15H2,1H3,(H2,26,27,29);1H. The first kappa shape index (κ1) is 27.8. The molecule has 1 atom stereocenters. The van der Waals surface area contributed by atoms with Gasteiger partial charge in [0.25, 0.3) is 10.0 Å². The topological polar surface area (TPSA) is 111 Å². The largest absolute Gasteiger partial charge is 0.366 e. The number of carbonyl (C=O) groups excluding carboxylic acids is 1. The van der Waals surface area contributed by atoms with Gasteiger partial charge in [-0.1, -0.05) is 72.6 Å². The van der Waals surface area contributed by atoms with E-state index in [0.717, 1.165) is 31.2 Å². The van der Waals surface area contributed by atoms with Crippen molar-refractivity contribution in [1.29, 1.82) is 0 Å². The summed E-state index contributed by atoms with van der Waals surface area (Å²) >= 11 is 7.58. The molecule has 1 aliphatic heterocycles. The maximum absolute atomic E-state index is 12.9. The average molecular weight is 604 g/mol. The molecule has 3 N–H and O–H groups in total. The van der Waals surface area contributed by atoms with Crippen LogP contribution in [0.4, 0.5) is 4.79 Å². The first-order chi connectivity index (χ1) is 16.2. The number of halogens is 2. The summed E-state index contributed by atoms with van der Waals surface area (Å²) in [5, 5.41) is 14.7. The Hall–Kier alpha value is -1.79. The molecule has 2 aromatic carbocycles. The molecule has 4 rings (SSSR count). The number of hydrogen-bond acceptors (Lipinski definition) is 6. The number of aliphatic imine (C=N–C) groups is 1. The van der Waals surface area contributed by atoms with Crippen molar-refractivity contribution in [3.05, 3.63) is 64.7 Å². The van der Waals surface area contributed by atoms with Crippen LogP contribution in [0.2, 0.25) is 5.02 Å². The number of amides is 2. The van der Waals surface area contributed by atoms with Crippen LogP contribution in [0.15, 0.2) is 58.4 Å². The molecule has 1 unspecified atom stereocenters. The summed E-state index contributed by atoms with van der Waals surface area (Å²) in [6.45, 7) is 0.462. The van der Waals surface area contributed by atoms with Gasteiger partial charge in [-0.25, -0.2) is 17.9 Å². The summed E-state index contributed by atoms with van der Waals surface area (Å²) in [7, 11) is -2.54. The third-order valence-electron chi connectivity index (χ3n) is 6.08. The summed E-state index contributed by atoms with van der Waals surface area (Å²) in [6, 6.07) is 13.3. The lowest BCUT2D eigenvalue weighted by Gasteiger charge is -2.31. The average Bonchev–Trinajstić information content (AvgIpc) is 3.41. The number of nitrogens with one attached hydrogen (secondary N) is 2. The summed E-state index contributed by atoms with van der Waals surface area (Å²) in [5.41, 5.74) is -0.101. The lowest BCUT2D eigenvalue weighted by Crippen LogP contribution is -2.44. The zero-order valence-electron chi connectivity index (χ0n) is 19.1. The smallest absolute Gasteiger partial charge is 0.328 e. The number of hydrogen-bond donors (Lipinski definition) is 3. The molecule has 2 aliphatic rings. The Bertz CT molecular complexity index is 1190. The SMILES string of the molecule is Br.CN1C(=NCc2ccccc2)SCC1(O)c1ccc(Cl)c(S(=O)(=O)NC(=O)NC2CCCC2)c1. The number of urea groups is 1. The molecule has 8 nitrogen and oxygen atoms in total. The summed E-state index contributed by atoms with van der Waals surface area (Å²) in [6.07, 6.45) is 3.67. The molecule has 1 aliphatic carbocycles. The van der Waals surface area contributed by atoms with Crippen LogP contribution < -0.4 is 10.0 Å². The number of rotatable bonds is 6. The maximum Gasteiger partial charge on any atom is 0.328 e. The Morgan fingerprint density at radius 3 is 2.60 bits per heavy atom. The predicted octanol–water partition coefficient (Wildman–Crippen LogP) is 4.23. The van der Waals surface area contributed by atoms with Crippen LogP contribution in [0, 0.1) is 0 Å². The number of amidine groups is 1. The van der Waals surface area contributed by atoms with Crippen LogP contribution in [0.5, 0.6) is 0 Å². The fraction of sp³-hybridized carbons (Fsp3) is 0.391. The highest BCUT2D eigenvalue weighted by molar-refractivity contribution is 8.93. The Morgan fingerprint density at radius 2 is 1.91 bits per heavy atom. The minimum Gasteiger partial charge on any atom is -0.366 e. The van der Waals surface area contributed by atoms with E-state index in [1.54, 1.807) is 18.0 Å². The van der Waals surface area contributed by atoms with Gasteiger partial charge >= 0.3 is 6.03 Å². The molecular formula is C23H28BrClN4O4S2. The molecule has 35 heavy (non-hydrogen) atoms. The van der Waals surface area contributed by atoms with E-state index in [1.807, 2.05) is 35.1 Å². The van der Waals surface area contributed by atoms with Crippen LogP contribution in [-0.4, -0.2) is 48.5 Å². The van der Waals surface area contributed by atoms with Gasteiger partial charge in [0.05, 0.1) is 17.3 Å². The van der Waals surface area contributed by atoms with Crippen LogP contribution in [-0.2, 0) is 22.3 Å². The van der Waals surface area contributed by atoms with Crippen molar-refractivity contribution in [2.24, 2.45) is 4.99 Å². The lowest BCUT2D eigenvalue weighted by molar-refractivity contribution is -0.0350. The van der Waals surface area contributed by atoms with Gasteiger partial charge in [0.1, 0.15) is 4.90 Å². The highest BCUT2D eigenvalue weighted by Crippen LogP contribution is 2.39. The number of sulfonamides is 1. The van der Waals surface area contributed by atoms with Crippen LogP contribution in [0.3, 0.4) is 0 Å². The van der Waals surface area contributed by atoms with Gasteiger partial charge in [-0.2, -0.15) is 0 Å². The quantitative estimate of drug-likeness (QED) is 0.456. The number of thioether (sulfide) groups is 1. The van der Waals surface area contributed by atoms with Gasteiger partial charge in [0.15, 0.2) is 10.9 Å². The zero-order valence-corrected chi connectivity index (χ0v) is 23.2. The molecule has 1 saturated carbocycles. The van der Waals surface area contributed by atoms with Crippen molar-refractivity contribution in [1.82, 2.24) is 14.9 Å². The van der Waals surface area contributed by atoms with Crippen molar-refractivity contribution in [2.75, 3.05) is 12.8 Å². The molecular weight excluding hydrogens is 576 g/mol. The summed E-state index contributed by atoms with van der Waals surface area (Å²) in [4.78, 5) is 18.2. The fourth-order valence-electron chi connectivity index (χ4n) is 4.11. The highest BCUT2D eigenvalue weighted by atomic mass is 79.9. The minimum atomic E-state index is -4.25. The molecule has 0 radical (unpaired) electrons. The first-order valence-corrected chi connectivity index (χ1v) is 13.8. The van der Waals surface area contributed by atoms with Crippen molar-refractivity contribution in [2.45, 2.75) is 48.9 Å². The van der Waals surface area contributed by atoms with E-state index >= 15 is 0 Å². The van der Waals surface area contributed by atoms with E-state index < -0.39 is 21.8 Å². The molecule has 0 bridgehead atoms. The Labute approximate surface area is 225 Å². The Morgan fingerprint density at radius 1 is 1.23 bits per heavy atom. The van der Waals surface area contributed by atoms with E-state index in [4.69, 9.17) is 11.6 Å². The second-order valence-corrected chi connectivity index (χ2v) is 11.5. The van der Waals surface area contributed by atoms with Gasteiger partial charge in [0.2, 0.25) is 0 Å². The van der Waals surface area contributed by atoms with Gasteiger partial charge < -0.3 is 15.3 Å². The number of aliphatic hydroxyl groups is 1. The van der Waals surface area contributed by atoms with E-state index in [9.17, 15) is 18.3 Å². The highest BCUT2D eigenvalue weighted by Gasteiger charge is 2.43. The Balaban J connectivity index is 0.00000342. The normalized spacial score (nSPS) is 21.7. The molecule has 0 spiro atoms. The predicted molar refractivity (Wildman–Crippen MR) is 145 cm³/mol. The van der Waals surface area contributed by atoms with Gasteiger partial charge in [-0.05, 0) is 30.5 Å². The second-order valence-electron chi connectivity index (χ2n) is 8.45. The van der Waals surface area contributed by atoms with Crippen LogP contribution in [0.25, 0.3) is 0 Å². The van der Waals surface area contributed by atoms with E-state index in [-0.39, 0.29) is 38.7 Å². The van der Waals surface area contributed by atoms with Crippen molar-refractivity contribution in [3.63, 3.8) is 0 Å². The molecule has 1 saturated heterocycles. The molecule has 1 heterocycles. The Kier molecular flexibility index (Phi) is 9.14. The van der Waals surface area contributed by atoms with Crippen molar-refractivity contribution < 1.29 is 18.3 Å². The van der Waals surface area contributed by atoms with E-state index in [2.05, 4.69) is 10.3 Å². The third kappa shape index (κ3) is 6.32. The van der Waals surface area contributed by atoms with Crippen LogP contribution in [0.1, 0.15) is 36.8 Å². The van der Waals surface area contributed by atoms with Gasteiger partial charge in [-0.3, -0.25) is 4.99 Å². The van der Waals surface area contributed by atoms with Gasteiger partial charge in [-0.15, -0.1) is 17.0 Å². The molecule has 2 aromatic rings. The first-order valence-electron chi connectivity index (χ1n) is 11.0. The van der Waals surface area contributed by atoms with Crippen molar-refractivity contribution >= 4 is 61.6 Å². The van der Waals surface area contributed by atoms with E-state index in [1.165, 1.54) is 23.9 Å². The second kappa shape index (κ2) is 11.5.